The molecule has 0 saturated heterocycles. The van der Waals surface area contributed by atoms with E-state index in [1.807, 2.05) is 18.2 Å². The summed E-state index contributed by atoms with van der Waals surface area (Å²) in [5.41, 5.74) is 7.28. The van der Waals surface area contributed by atoms with Crippen LogP contribution in [0.3, 0.4) is 0 Å². The van der Waals surface area contributed by atoms with Crippen LogP contribution in [0.1, 0.15) is 22.9 Å². The molecule has 0 radical (unpaired) electrons. The van der Waals surface area contributed by atoms with Crippen molar-refractivity contribution >= 4 is 11.3 Å². The van der Waals surface area contributed by atoms with E-state index < -0.39 is 0 Å². The molecule has 0 bridgehead atoms. The summed E-state index contributed by atoms with van der Waals surface area (Å²) in [6, 6.07) is 9.99. The number of thiophene rings is 1. The second-order valence-corrected chi connectivity index (χ2v) is 5.34. The number of nitrogens with two attached hydrogens (primary N) is 1. The van der Waals surface area contributed by atoms with E-state index in [-0.39, 0.29) is 6.04 Å². The summed E-state index contributed by atoms with van der Waals surface area (Å²) in [6.45, 7) is 0. The molecule has 2 rings (SSSR count). The standard InChI is InChI=1S/C15H19NO2S/c1-17-14-7-3-6-12(15(14)18-2)13(16)9-8-11-5-4-10-19-11/h3-7,10,13H,8-9,16H2,1-2H3. The summed E-state index contributed by atoms with van der Waals surface area (Å²) in [5.74, 6) is 1.47. The van der Waals surface area contributed by atoms with Crippen LogP contribution in [0.4, 0.5) is 0 Å². The summed E-state index contributed by atoms with van der Waals surface area (Å²) in [4.78, 5) is 1.36. The molecule has 102 valence electrons. The molecule has 0 aliphatic rings. The zero-order chi connectivity index (χ0) is 13.7. The van der Waals surface area contributed by atoms with Gasteiger partial charge in [0, 0.05) is 16.5 Å². The molecule has 0 saturated carbocycles. The van der Waals surface area contributed by atoms with Crippen LogP contribution in [0.15, 0.2) is 35.7 Å². The third-order valence-corrected chi connectivity index (χ3v) is 4.05. The van der Waals surface area contributed by atoms with Crippen LogP contribution in [-0.4, -0.2) is 14.2 Å². The fourth-order valence-electron chi connectivity index (χ4n) is 2.11. The van der Waals surface area contributed by atoms with E-state index in [0.29, 0.717) is 0 Å². The van der Waals surface area contributed by atoms with Gasteiger partial charge in [-0.3, -0.25) is 0 Å². The minimum atomic E-state index is -0.0489. The molecule has 4 heteroatoms. The average Bonchev–Trinajstić information content (AvgIpc) is 2.97. The highest BCUT2D eigenvalue weighted by molar-refractivity contribution is 7.09. The molecular formula is C15H19NO2S. The number of methoxy groups -OCH3 is 2. The zero-order valence-corrected chi connectivity index (χ0v) is 12.1. The number of hydrogen-bond acceptors (Lipinski definition) is 4. The zero-order valence-electron chi connectivity index (χ0n) is 11.3. The van der Waals surface area contributed by atoms with Crippen molar-refractivity contribution in [3.63, 3.8) is 0 Å². The number of hydrogen-bond donors (Lipinski definition) is 1. The Labute approximate surface area is 118 Å². The summed E-state index contributed by atoms with van der Waals surface area (Å²) in [5, 5.41) is 2.09. The van der Waals surface area contributed by atoms with Crippen LogP contribution in [0.5, 0.6) is 11.5 Å². The van der Waals surface area contributed by atoms with Crippen molar-refractivity contribution in [3.8, 4) is 11.5 Å². The molecule has 1 aromatic heterocycles. The lowest BCUT2D eigenvalue weighted by atomic mass is 10.0. The third kappa shape index (κ3) is 3.28. The molecule has 1 atom stereocenters. The maximum Gasteiger partial charge on any atom is 0.165 e. The molecule has 0 fully saturated rings. The van der Waals surface area contributed by atoms with Crippen molar-refractivity contribution < 1.29 is 9.47 Å². The minimum absolute atomic E-state index is 0.0489. The Kier molecular flexibility index (Phi) is 4.82. The first-order valence-electron chi connectivity index (χ1n) is 6.25. The Morgan fingerprint density at radius 1 is 1.16 bits per heavy atom. The van der Waals surface area contributed by atoms with E-state index in [2.05, 4.69) is 17.5 Å². The monoisotopic (exact) mass is 277 g/mol. The molecule has 2 aromatic rings. The van der Waals surface area contributed by atoms with Gasteiger partial charge in [0.05, 0.1) is 14.2 Å². The Morgan fingerprint density at radius 3 is 2.63 bits per heavy atom. The second-order valence-electron chi connectivity index (χ2n) is 4.31. The van der Waals surface area contributed by atoms with Crippen molar-refractivity contribution in [1.82, 2.24) is 0 Å². The van der Waals surface area contributed by atoms with Crippen LogP contribution in [0, 0.1) is 0 Å². The van der Waals surface area contributed by atoms with Gasteiger partial charge in [-0.2, -0.15) is 0 Å². The first-order chi connectivity index (χ1) is 9.26. The van der Waals surface area contributed by atoms with E-state index in [1.165, 1.54) is 4.88 Å². The predicted octanol–water partition coefficient (Wildman–Crippen LogP) is 3.40. The molecule has 0 amide bonds. The maximum atomic E-state index is 6.28. The van der Waals surface area contributed by atoms with Crippen molar-refractivity contribution in [3.05, 3.63) is 46.2 Å². The van der Waals surface area contributed by atoms with E-state index in [9.17, 15) is 0 Å². The van der Waals surface area contributed by atoms with Crippen LogP contribution in [0.2, 0.25) is 0 Å². The maximum absolute atomic E-state index is 6.28. The fraction of sp³-hybridized carbons (Fsp3) is 0.333. The van der Waals surface area contributed by atoms with Crippen LogP contribution < -0.4 is 15.2 Å². The smallest absolute Gasteiger partial charge is 0.165 e. The molecule has 1 aromatic carbocycles. The van der Waals surface area contributed by atoms with E-state index in [1.54, 1.807) is 25.6 Å². The molecule has 1 unspecified atom stereocenters. The number of benzene rings is 1. The highest BCUT2D eigenvalue weighted by Gasteiger charge is 2.15. The van der Waals surface area contributed by atoms with Crippen molar-refractivity contribution in [2.24, 2.45) is 5.73 Å². The lowest BCUT2D eigenvalue weighted by Crippen LogP contribution is -2.12. The molecule has 19 heavy (non-hydrogen) atoms. The first kappa shape index (κ1) is 13.9. The largest absolute Gasteiger partial charge is 0.493 e. The van der Waals surface area contributed by atoms with Gasteiger partial charge in [0.2, 0.25) is 0 Å². The third-order valence-electron chi connectivity index (χ3n) is 3.11. The highest BCUT2D eigenvalue weighted by Crippen LogP contribution is 2.35. The van der Waals surface area contributed by atoms with Gasteiger partial charge in [-0.05, 0) is 30.4 Å². The van der Waals surface area contributed by atoms with Crippen molar-refractivity contribution in [2.45, 2.75) is 18.9 Å². The lowest BCUT2D eigenvalue weighted by molar-refractivity contribution is 0.349. The summed E-state index contributed by atoms with van der Waals surface area (Å²) >= 11 is 1.77. The molecule has 0 aliphatic heterocycles. The second kappa shape index (κ2) is 6.59. The number of rotatable bonds is 6. The highest BCUT2D eigenvalue weighted by atomic mass is 32.1. The van der Waals surface area contributed by atoms with Gasteiger partial charge in [-0.1, -0.05) is 18.2 Å². The van der Waals surface area contributed by atoms with Gasteiger partial charge in [0.25, 0.3) is 0 Å². The Balaban J connectivity index is 2.11. The normalized spacial score (nSPS) is 12.2. The topological polar surface area (TPSA) is 44.5 Å². The van der Waals surface area contributed by atoms with Gasteiger partial charge in [-0.15, -0.1) is 11.3 Å². The molecular weight excluding hydrogens is 258 g/mol. The number of ether oxygens (including phenoxy) is 2. The number of aryl methyl sites for hydroxylation is 1. The van der Waals surface area contributed by atoms with Gasteiger partial charge < -0.3 is 15.2 Å². The summed E-state index contributed by atoms with van der Waals surface area (Å²) in [6.07, 6.45) is 1.88. The molecule has 2 N–H and O–H groups in total. The Hall–Kier alpha value is -1.52. The summed E-state index contributed by atoms with van der Waals surface area (Å²) in [7, 11) is 3.28. The van der Waals surface area contributed by atoms with E-state index >= 15 is 0 Å². The van der Waals surface area contributed by atoms with Gasteiger partial charge in [0.15, 0.2) is 11.5 Å². The quantitative estimate of drug-likeness (QED) is 0.880. The van der Waals surface area contributed by atoms with Crippen molar-refractivity contribution in [2.75, 3.05) is 14.2 Å². The van der Waals surface area contributed by atoms with Crippen LogP contribution in [0.25, 0.3) is 0 Å². The first-order valence-corrected chi connectivity index (χ1v) is 7.13. The lowest BCUT2D eigenvalue weighted by Gasteiger charge is -2.17. The molecule has 1 heterocycles. The molecule has 0 aliphatic carbocycles. The van der Waals surface area contributed by atoms with Gasteiger partial charge in [0.1, 0.15) is 0 Å². The van der Waals surface area contributed by atoms with Crippen molar-refractivity contribution in [1.29, 1.82) is 0 Å². The van der Waals surface area contributed by atoms with Gasteiger partial charge in [-0.25, -0.2) is 0 Å². The summed E-state index contributed by atoms with van der Waals surface area (Å²) < 4.78 is 10.7. The minimum Gasteiger partial charge on any atom is -0.493 e. The van der Waals surface area contributed by atoms with E-state index in [0.717, 1.165) is 29.9 Å². The SMILES string of the molecule is COc1cccc(C(N)CCc2cccs2)c1OC. The van der Waals surface area contributed by atoms with Gasteiger partial charge >= 0.3 is 0 Å². The molecule has 0 spiro atoms. The van der Waals surface area contributed by atoms with E-state index in [4.69, 9.17) is 15.2 Å². The number of para-hydroxylation sites is 1. The van der Waals surface area contributed by atoms with Crippen LogP contribution in [-0.2, 0) is 6.42 Å². The molecule has 3 nitrogen and oxygen atoms in total. The average molecular weight is 277 g/mol. The Morgan fingerprint density at radius 2 is 2.00 bits per heavy atom. The van der Waals surface area contributed by atoms with Crippen LogP contribution >= 0.6 is 11.3 Å². The Bertz CT molecular complexity index is 511. The fourth-order valence-corrected chi connectivity index (χ4v) is 2.84. The predicted molar refractivity (Wildman–Crippen MR) is 79.1 cm³/mol.